The molecule has 0 bridgehead atoms. The van der Waals surface area contributed by atoms with Crippen molar-refractivity contribution in [2.45, 2.75) is 13.2 Å². The lowest BCUT2D eigenvalue weighted by Crippen LogP contribution is -2.23. The van der Waals surface area contributed by atoms with Gasteiger partial charge in [0.15, 0.2) is 0 Å². The van der Waals surface area contributed by atoms with Gasteiger partial charge >= 0.3 is 0 Å². The van der Waals surface area contributed by atoms with Crippen LogP contribution < -0.4 is 15.5 Å². The number of hydroxylamine groups is 1. The Morgan fingerprint density at radius 3 is 2.24 bits per heavy atom. The lowest BCUT2D eigenvalue weighted by atomic mass is 10.1. The van der Waals surface area contributed by atoms with Gasteiger partial charge in [0.25, 0.3) is 11.8 Å². The number of benzene rings is 3. The molecule has 2 amide bonds. The highest BCUT2D eigenvalue weighted by Gasteiger charge is 2.09. The van der Waals surface area contributed by atoms with Crippen LogP contribution in [0, 0.1) is 0 Å². The van der Waals surface area contributed by atoms with Crippen LogP contribution in [0.4, 0.5) is 0 Å². The molecule has 4 aromatic rings. The zero-order chi connectivity index (χ0) is 23.8. The number of amides is 2. The summed E-state index contributed by atoms with van der Waals surface area (Å²) in [5.74, 6) is -0.0664. The molecule has 0 saturated heterocycles. The average molecular weight is 453 g/mol. The highest BCUT2D eigenvalue weighted by atomic mass is 16.5. The predicted molar refractivity (Wildman–Crippen MR) is 127 cm³/mol. The fourth-order valence-corrected chi connectivity index (χ4v) is 3.32. The van der Waals surface area contributed by atoms with E-state index in [9.17, 15) is 9.59 Å². The molecule has 7 heteroatoms. The molecule has 0 aliphatic heterocycles. The number of hydrogen-bond donors (Lipinski definition) is 3. The first-order valence-electron chi connectivity index (χ1n) is 10.7. The summed E-state index contributed by atoms with van der Waals surface area (Å²) < 4.78 is 5.83. The van der Waals surface area contributed by atoms with E-state index in [1.54, 1.807) is 48.1 Å². The summed E-state index contributed by atoms with van der Waals surface area (Å²) in [5.41, 5.74) is 5.88. The van der Waals surface area contributed by atoms with Crippen LogP contribution in [0.1, 0.15) is 31.8 Å². The minimum Gasteiger partial charge on any atom is -0.489 e. The molecule has 0 unspecified atom stereocenters. The summed E-state index contributed by atoms with van der Waals surface area (Å²) in [7, 11) is 0. The number of nitrogens with one attached hydrogen (secondary N) is 2. The molecule has 0 spiro atoms. The molecule has 3 N–H and O–H groups in total. The minimum absolute atomic E-state index is 0.233. The van der Waals surface area contributed by atoms with Crippen molar-refractivity contribution in [3.63, 3.8) is 0 Å². The van der Waals surface area contributed by atoms with E-state index in [0.29, 0.717) is 30.0 Å². The Hall–Kier alpha value is -4.49. The summed E-state index contributed by atoms with van der Waals surface area (Å²) in [4.78, 5) is 28.4. The van der Waals surface area contributed by atoms with Crippen molar-refractivity contribution in [2.24, 2.45) is 0 Å². The predicted octanol–water partition coefficient (Wildman–Crippen LogP) is 4.38. The molecule has 0 aliphatic rings. The maximum Gasteiger partial charge on any atom is 0.274 e. The van der Waals surface area contributed by atoms with Crippen LogP contribution in [0.3, 0.4) is 0 Å². The molecule has 1 heterocycles. The molecule has 7 nitrogen and oxygen atoms in total. The van der Waals surface area contributed by atoms with Crippen molar-refractivity contribution < 1.29 is 19.5 Å². The number of pyridine rings is 1. The molecule has 1 aromatic heterocycles. The van der Waals surface area contributed by atoms with Crippen LogP contribution in [0.25, 0.3) is 11.3 Å². The topological polar surface area (TPSA) is 101 Å². The summed E-state index contributed by atoms with van der Waals surface area (Å²) >= 11 is 0. The second kappa shape index (κ2) is 10.9. The maximum absolute atomic E-state index is 12.6. The second-order valence-electron chi connectivity index (χ2n) is 7.55. The summed E-state index contributed by atoms with van der Waals surface area (Å²) in [6.45, 7) is 0.788. The number of aromatic nitrogens is 1. The highest BCUT2D eigenvalue weighted by molar-refractivity contribution is 5.95. The summed E-state index contributed by atoms with van der Waals surface area (Å²) in [5, 5.41) is 11.5. The maximum atomic E-state index is 12.6. The van der Waals surface area contributed by atoms with Crippen molar-refractivity contribution in [1.29, 1.82) is 0 Å². The number of nitrogens with zero attached hydrogens (tertiary/aromatic N) is 1. The van der Waals surface area contributed by atoms with E-state index in [0.717, 1.165) is 22.4 Å². The van der Waals surface area contributed by atoms with E-state index in [-0.39, 0.29) is 5.91 Å². The number of carbonyl (C=O) groups is 2. The number of rotatable bonds is 8. The van der Waals surface area contributed by atoms with E-state index in [1.807, 2.05) is 54.6 Å². The lowest BCUT2D eigenvalue weighted by Gasteiger charge is -2.09. The number of ether oxygens (including phenoxy) is 1. The molecular weight excluding hydrogens is 430 g/mol. The van der Waals surface area contributed by atoms with Gasteiger partial charge in [0.2, 0.25) is 0 Å². The fraction of sp³-hybridized carbons (Fsp3) is 0.0741. The van der Waals surface area contributed by atoms with Crippen molar-refractivity contribution in [3.05, 3.63) is 119 Å². The minimum atomic E-state index is -0.587. The van der Waals surface area contributed by atoms with Crippen LogP contribution in [-0.4, -0.2) is 22.0 Å². The van der Waals surface area contributed by atoms with Crippen LogP contribution >= 0.6 is 0 Å². The van der Waals surface area contributed by atoms with Crippen molar-refractivity contribution >= 4 is 11.8 Å². The first kappa shape index (κ1) is 22.7. The SMILES string of the molecule is O=C(NO)c1ccc(CNC(=O)c2ccnc(-c3ccc(OCc4ccccc4)cc3)c2)cc1. The van der Waals surface area contributed by atoms with E-state index < -0.39 is 5.91 Å². The van der Waals surface area contributed by atoms with Gasteiger partial charge in [0.05, 0.1) is 5.69 Å². The molecule has 0 fully saturated rings. The highest BCUT2D eigenvalue weighted by Crippen LogP contribution is 2.22. The third kappa shape index (κ3) is 5.85. The zero-order valence-electron chi connectivity index (χ0n) is 18.3. The molecule has 0 saturated carbocycles. The fourth-order valence-electron chi connectivity index (χ4n) is 3.32. The number of hydrogen-bond acceptors (Lipinski definition) is 5. The van der Waals surface area contributed by atoms with E-state index in [4.69, 9.17) is 9.94 Å². The molecule has 0 atom stereocenters. The van der Waals surface area contributed by atoms with Crippen molar-refractivity contribution in [2.75, 3.05) is 0 Å². The zero-order valence-corrected chi connectivity index (χ0v) is 18.3. The summed E-state index contributed by atoms with van der Waals surface area (Å²) in [6.07, 6.45) is 1.60. The molecule has 3 aromatic carbocycles. The number of carbonyl (C=O) groups excluding carboxylic acids is 2. The van der Waals surface area contributed by atoms with Crippen LogP contribution in [0.15, 0.2) is 97.2 Å². The molecule has 0 aliphatic carbocycles. The Bertz CT molecular complexity index is 1260. The van der Waals surface area contributed by atoms with Crippen LogP contribution in [0.5, 0.6) is 5.75 Å². The van der Waals surface area contributed by atoms with Gasteiger partial charge < -0.3 is 10.1 Å². The second-order valence-corrected chi connectivity index (χ2v) is 7.55. The molecule has 0 radical (unpaired) electrons. The van der Waals surface area contributed by atoms with Gasteiger partial charge in [-0.2, -0.15) is 0 Å². The van der Waals surface area contributed by atoms with Gasteiger partial charge in [-0.3, -0.25) is 19.8 Å². The quantitative estimate of drug-likeness (QED) is 0.272. The van der Waals surface area contributed by atoms with E-state index in [1.165, 1.54) is 0 Å². The van der Waals surface area contributed by atoms with Gasteiger partial charge in [0, 0.05) is 29.4 Å². The summed E-state index contributed by atoms with van der Waals surface area (Å²) in [6, 6.07) is 27.5. The van der Waals surface area contributed by atoms with Gasteiger partial charge in [-0.05, 0) is 59.7 Å². The van der Waals surface area contributed by atoms with Gasteiger partial charge in [-0.25, -0.2) is 5.48 Å². The standard InChI is InChI=1S/C27H23N3O4/c31-26(29-17-19-6-8-22(9-7-19)27(32)30-33)23-14-15-28-25(16-23)21-10-12-24(13-11-21)34-18-20-4-2-1-3-5-20/h1-16,33H,17-18H2,(H,29,31)(H,30,32). The average Bonchev–Trinajstić information content (AvgIpc) is 2.91. The largest absolute Gasteiger partial charge is 0.489 e. The Kier molecular flexibility index (Phi) is 7.27. The van der Waals surface area contributed by atoms with Crippen LogP contribution in [-0.2, 0) is 13.2 Å². The Morgan fingerprint density at radius 2 is 1.53 bits per heavy atom. The normalized spacial score (nSPS) is 10.4. The first-order chi connectivity index (χ1) is 16.6. The van der Waals surface area contributed by atoms with Crippen molar-refractivity contribution in [1.82, 2.24) is 15.8 Å². The molecule has 34 heavy (non-hydrogen) atoms. The smallest absolute Gasteiger partial charge is 0.274 e. The van der Waals surface area contributed by atoms with Gasteiger partial charge in [-0.15, -0.1) is 0 Å². The molecule has 4 rings (SSSR count). The Balaban J connectivity index is 1.36. The monoisotopic (exact) mass is 453 g/mol. The first-order valence-corrected chi connectivity index (χ1v) is 10.7. The third-order valence-electron chi connectivity index (χ3n) is 5.19. The van der Waals surface area contributed by atoms with Crippen molar-refractivity contribution in [3.8, 4) is 17.0 Å². The molecule has 170 valence electrons. The van der Waals surface area contributed by atoms with E-state index in [2.05, 4.69) is 10.3 Å². The van der Waals surface area contributed by atoms with E-state index >= 15 is 0 Å². The van der Waals surface area contributed by atoms with Crippen LogP contribution in [0.2, 0.25) is 0 Å². The van der Waals surface area contributed by atoms with Gasteiger partial charge in [0.1, 0.15) is 12.4 Å². The third-order valence-corrected chi connectivity index (χ3v) is 5.19. The Labute approximate surface area is 197 Å². The molecular formula is C27H23N3O4. The van der Waals surface area contributed by atoms with Gasteiger partial charge in [-0.1, -0.05) is 42.5 Å². The lowest BCUT2D eigenvalue weighted by molar-refractivity contribution is 0.0706. The Morgan fingerprint density at radius 1 is 0.794 bits per heavy atom.